The number of carbonyl (C=O) groups is 3. The van der Waals surface area contributed by atoms with Gasteiger partial charge in [0.15, 0.2) is 0 Å². The standard InChI is InChI=1S/C13H16N2O5/c1-3-15(8-11(16)20-2)13(19)14-10-6-4-5-9(7-10)12(17)18/h4-7H,3,8H2,1-2H3,(H,14,19)(H,17,18). The molecule has 0 fully saturated rings. The summed E-state index contributed by atoms with van der Waals surface area (Å²) in [6.45, 7) is 1.87. The maximum Gasteiger partial charge on any atom is 0.335 e. The van der Waals surface area contributed by atoms with E-state index in [9.17, 15) is 14.4 Å². The van der Waals surface area contributed by atoms with Crippen molar-refractivity contribution >= 4 is 23.7 Å². The predicted molar refractivity (Wildman–Crippen MR) is 71.7 cm³/mol. The van der Waals surface area contributed by atoms with Crippen LogP contribution in [0.1, 0.15) is 17.3 Å². The molecule has 0 bridgehead atoms. The van der Waals surface area contributed by atoms with E-state index in [-0.39, 0.29) is 12.1 Å². The molecule has 0 saturated carbocycles. The summed E-state index contributed by atoms with van der Waals surface area (Å²) in [5.41, 5.74) is 0.414. The molecule has 0 saturated heterocycles. The number of benzene rings is 1. The highest BCUT2D eigenvalue weighted by Crippen LogP contribution is 2.11. The van der Waals surface area contributed by atoms with Gasteiger partial charge in [0, 0.05) is 12.2 Å². The van der Waals surface area contributed by atoms with Crippen molar-refractivity contribution in [2.45, 2.75) is 6.92 Å². The van der Waals surface area contributed by atoms with Gasteiger partial charge in [0.05, 0.1) is 12.7 Å². The zero-order valence-corrected chi connectivity index (χ0v) is 11.3. The summed E-state index contributed by atoms with van der Waals surface area (Å²) >= 11 is 0. The molecule has 20 heavy (non-hydrogen) atoms. The first-order chi connectivity index (χ1) is 9.47. The van der Waals surface area contributed by atoms with E-state index in [1.54, 1.807) is 13.0 Å². The molecule has 0 radical (unpaired) electrons. The number of ether oxygens (including phenoxy) is 1. The fraction of sp³-hybridized carbons (Fsp3) is 0.308. The van der Waals surface area contributed by atoms with Gasteiger partial charge < -0.3 is 20.1 Å². The topological polar surface area (TPSA) is 95.9 Å². The van der Waals surface area contributed by atoms with E-state index in [0.29, 0.717) is 12.2 Å². The lowest BCUT2D eigenvalue weighted by molar-refractivity contribution is -0.141. The lowest BCUT2D eigenvalue weighted by Crippen LogP contribution is -2.39. The van der Waals surface area contributed by atoms with Crippen molar-refractivity contribution in [3.05, 3.63) is 29.8 Å². The van der Waals surface area contributed by atoms with Crippen LogP contribution in [0.2, 0.25) is 0 Å². The van der Waals surface area contributed by atoms with E-state index in [0.717, 1.165) is 0 Å². The van der Waals surface area contributed by atoms with Crippen LogP contribution < -0.4 is 5.32 Å². The van der Waals surface area contributed by atoms with Crippen LogP contribution in [-0.2, 0) is 9.53 Å². The second-order valence-electron chi connectivity index (χ2n) is 3.91. The van der Waals surface area contributed by atoms with Crippen LogP contribution >= 0.6 is 0 Å². The number of hydrogen-bond donors (Lipinski definition) is 2. The Balaban J connectivity index is 2.75. The van der Waals surface area contributed by atoms with E-state index < -0.39 is 18.0 Å². The second-order valence-corrected chi connectivity index (χ2v) is 3.91. The minimum absolute atomic E-state index is 0.0683. The van der Waals surface area contributed by atoms with Gasteiger partial charge in [0.2, 0.25) is 0 Å². The van der Waals surface area contributed by atoms with Crippen molar-refractivity contribution in [2.75, 3.05) is 25.5 Å². The smallest absolute Gasteiger partial charge is 0.335 e. The van der Waals surface area contributed by atoms with Gasteiger partial charge in [0.1, 0.15) is 6.54 Å². The molecule has 7 nitrogen and oxygen atoms in total. The SMILES string of the molecule is CCN(CC(=O)OC)C(=O)Nc1cccc(C(=O)O)c1. The van der Waals surface area contributed by atoms with Crippen molar-refractivity contribution in [3.63, 3.8) is 0 Å². The summed E-state index contributed by atoms with van der Waals surface area (Å²) in [6, 6.07) is 5.35. The van der Waals surface area contributed by atoms with Crippen molar-refractivity contribution in [1.82, 2.24) is 4.90 Å². The van der Waals surface area contributed by atoms with Gasteiger partial charge in [-0.3, -0.25) is 4.79 Å². The number of anilines is 1. The molecule has 7 heteroatoms. The molecule has 0 aliphatic heterocycles. The lowest BCUT2D eigenvalue weighted by atomic mass is 10.2. The number of amides is 2. The zero-order valence-electron chi connectivity index (χ0n) is 11.3. The first-order valence-electron chi connectivity index (χ1n) is 5.94. The molecule has 1 rings (SSSR count). The third-order valence-corrected chi connectivity index (χ3v) is 2.58. The molecule has 0 atom stereocenters. The Labute approximate surface area is 116 Å². The summed E-state index contributed by atoms with van der Waals surface area (Å²) in [5.74, 6) is -1.61. The van der Waals surface area contributed by atoms with Gasteiger partial charge in [-0.05, 0) is 25.1 Å². The largest absolute Gasteiger partial charge is 0.478 e. The molecular formula is C13H16N2O5. The van der Waals surface area contributed by atoms with Crippen LogP contribution in [0.4, 0.5) is 10.5 Å². The Morgan fingerprint density at radius 1 is 1.35 bits per heavy atom. The minimum atomic E-state index is -1.08. The molecule has 0 heterocycles. The third-order valence-electron chi connectivity index (χ3n) is 2.58. The average molecular weight is 280 g/mol. The number of hydrogen-bond acceptors (Lipinski definition) is 4. The first-order valence-corrected chi connectivity index (χ1v) is 5.94. The highest BCUT2D eigenvalue weighted by atomic mass is 16.5. The highest BCUT2D eigenvalue weighted by Gasteiger charge is 2.16. The molecule has 0 aromatic heterocycles. The number of methoxy groups -OCH3 is 1. The quantitative estimate of drug-likeness (QED) is 0.795. The molecular weight excluding hydrogens is 264 g/mol. The number of nitrogens with zero attached hydrogens (tertiary/aromatic N) is 1. The number of nitrogens with one attached hydrogen (secondary N) is 1. The zero-order chi connectivity index (χ0) is 15.1. The van der Waals surface area contributed by atoms with E-state index in [4.69, 9.17) is 5.11 Å². The Hall–Kier alpha value is -2.57. The molecule has 0 aliphatic carbocycles. The van der Waals surface area contributed by atoms with Gasteiger partial charge in [-0.2, -0.15) is 0 Å². The van der Waals surface area contributed by atoms with Crippen LogP contribution in [-0.4, -0.2) is 48.2 Å². The Morgan fingerprint density at radius 2 is 2.05 bits per heavy atom. The molecule has 108 valence electrons. The van der Waals surface area contributed by atoms with Gasteiger partial charge in [-0.25, -0.2) is 9.59 Å². The number of carboxylic acid groups (broad SMARTS) is 1. The number of carboxylic acids is 1. The normalized spacial score (nSPS) is 9.70. The first kappa shape index (κ1) is 15.5. The average Bonchev–Trinajstić information content (AvgIpc) is 2.44. The summed E-state index contributed by atoms with van der Waals surface area (Å²) in [7, 11) is 1.24. The van der Waals surface area contributed by atoms with E-state index in [1.807, 2.05) is 0 Å². The third kappa shape index (κ3) is 4.27. The second kappa shape index (κ2) is 7.13. The van der Waals surface area contributed by atoms with Gasteiger partial charge in [-0.15, -0.1) is 0 Å². The fourth-order valence-electron chi connectivity index (χ4n) is 1.48. The Morgan fingerprint density at radius 3 is 2.60 bits per heavy atom. The predicted octanol–water partition coefficient (Wildman–Crippen LogP) is 1.41. The number of aromatic carboxylic acids is 1. The number of urea groups is 1. The molecule has 0 spiro atoms. The van der Waals surface area contributed by atoms with E-state index in [2.05, 4.69) is 10.1 Å². The molecule has 1 aromatic carbocycles. The number of esters is 1. The lowest BCUT2D eigenvalue weighted by Gasteiger charge is -2.20. The summed E-state index contributed by atoms with van der Waals surface area (Å²) in [5, 5.41) is 11.4. The summed E-state index contributed by atoms with van der Waals surface area (Å²) in [6.07, 6.45) is 0. The van der Waals surface area contributed by atoms with E-state index >= 15 is 0 Å². The number of carbonyl (C=O) groups excluding carboxylic acids is 2. The molecule has 0 unspecified atom stereocenters. The maximum atomic E-state index is 11.9. The van der Waals surface area contributed by atoms with Crippen LogP contribution in [0.5, 0.6) is 0 Å². The van der Waals surface area contributed by atoms with Gasteiger partial charge in [0.25, 0.3) is 0 Å². The monoisotopic (exact) mass is 280 g/mol. The summed E-state index contributed by atoms with van der Waals surface area (Å²) in [4.78, 5) is 35.2. The minimum Gasteiger partial charge on any atom is -0.478 e. The Bertz CT molecular complexity index is 515. The number of likely N-dealkylation sites (N-methyl/N-ethyl adjacent to an activating group) is 1. The van der Waals surface area contributed by atoms with E-state index in [1.165, 1.54) is 30.2 Å². The van der Waals surface area contributed by atoms with Crippen molar-refractivity contribution < 1.29 is 24.2 Å². The van der Waals surface area contributed by atoms with Crippen LogP contribution in [0.3, 0.4) is 0 Å². The van der Waals surface area contributed by atoms with Crippen molar-refractivity contribution in [3.8, 4) is 0 Å². The van der Waals surface area contributed by atoms with Crippen LogP contribution in [0.25, 0.3) is 0 Å². The van der Waals surface area contributed by atoms with Gasteiger partial charge in [-0.1, -0.05) is 6.07 Å². The molecule has 0 aliphatic rings. The fourth-order valence-corrected chi connectivity index (χ4v) is 1.48. The number of rotatable bonds is 5. The molecule has 2 N–H and O–H groups in total. The summed E-state index contributed by atoms with van der Waals surface area (Å²) < 4.78 is 4.50. The Kier molecular flexibility index (Phi) is 5.52. The van der Waals surface area contributed by atoms with Crippen molar-refractivity contribution in [1.29, 1.82) is 0 Å². The molecule has 1 aromatic rings. The van der Waals surface area contributed by atoms with Crippen molar-refractivity contribution in [2.24, 2.45) is 0 Å². The van der Waals surface area contributed by atoms with Crippen LogP contribution in [0.15, 0.2) is 24.3 Å². The molecule has 2 amide bonds. The van der Waals surface area contributed by atoms with Gasteiger partial charge >= 0.3 is 18.0 Å². The highest BCUT2D eigenvalue weighted by molar-refractivity contribution is 5.94. The maximum absolute atomic E-state index is 11.9. The van der Waals surface area contributed by atoms with Crippen LogP contribution in [0, 0.1) is 0 Å².